The van der Waals surface area contributed by atoms with Gasteiger partial charge in [-0.3, -0.25) is 0 Å². The molecule has 1 nitrogen and oxygen atoms in total. The third kappa shape index (κ3) is 21.7. The first-order valence-electron chi connectivity index (χ1n) is 1.56. The summed E-state index contributed by atoms with van der Waals surface area (Å²) >= 11 is 0. The maximum absolute atomic E-state index is 9.75. The molecule has 2 heteroatoms. The zero-order valence-corrected chi connectivity index (χ0v) is 7.66. The van der Waals surface area contributed by atoms with Gasteiger partial charge in [-0.2, -0.15) is 0 Å². The third-order valence-electron chi connectivity index (χ3n) is 0.352. The number of carbonyl (C=O) groups is 1. The summed E-state index contributed by atoms with van der Waals surface area (Å²) in [5.41, 5.74) is 0. The van der Waals surface area contributed by atoms with E-state index in [9.17, 15) is 4.79 Å². The molecule has 0 rings (SSSR count). The van der Waals surface area contributed by atoms with Gasteiger partial charge in [-0.1, -0.05) is 0 Å². The molecular formula is C5H10OW-2. The fourth-order valence-corrected chi connectivity index (χ4v) is 0. The summed E-state index contributed by atoms with van der Waals surface area (Å²) < 4.78 is 0. The van der Waals surface area contributed by atoms with Crippen molar-refractivity contribution in [2.45, 2.75) is 13.3 Å². The molecule has 0 aliphatic carbocycles. The number of rotatable bonds is 1. The van der Waals surface area contributed by atoms with Gasteiger partial charge >= 0.3 is 0 Å². The topological polar surface area (TPSA) is 17.1 Å². The molecule has 0 saturated carbocycles. The van der Waals surface area contributed by atoms with Crippen LogP contribution in [-0.4, -0.2) is 5.78 Å². The molecular weight excluding hydrogens is 260 g/mol. The number of Topliss-reactive ketones (excluding diaryl/α,β-unsaturated/α-hetero) is 1. The second kappa shape index (κ2) is 9.61. The minimum atomic E-state index is 0. The largest absolute Gasteiger partial charge is 0.358 e. The van der Waals surface area contributed by atoms with Gasteiger partial charge in [-0.05, 0) is 6.92 Å². The van der Waals surface area contributed by atoms with Crippen LogP contribution in [0.5, 0.6) is 0 Å². The van der Waals surface area contributed by atoms with Gasteiger partial charge < -0.3 is 19.1 Å². The standard InChI is InChI=1S/C4H7O.CH3.W/c1-3-4(2)5;;/h1,3H2,2H3;1H3;/q2*-1;. The second-order valence-electron chi connectivity index (χ2n) is 0.952. The van der Waals surface area contributed by atoms with Crippen LogP contribution < -0.4 is 0 Å². The number of hydrogen-bond donors (Lipinski definition) is 0. The smallest absolute Gasteiger partial charge is 0.0998 e. The van der Waals surface area contributed by atoms with Gasteiger partial charge in [-0.25, -0.2) is 0 Å². The van der Waals surface area contributed by atoms with Gasteiger partial charge in [0.15, 0.2) is 0 Å². The Morgan fingerprint density at radius 3 is 1.86 bits per heavy atom. The van der Waals surface area contributed by atoms with Crippen molar-refractivity contribution in [3.63, 3.8) is 0 Å². The molecule has 0 atom stereocenters. The molecule has 0 aromatic heterocycles. The van der Waals surface area contributed by atoms with Crippen LogP contribution >= 0.6 is 0 Å². The molecule has 0 aliphatic heterocycles. The minimum absolute atomic E-state index is 0. The van der Waals surface area contributed by atoms with Gasteiger partial charge in [0, 0.05) is 21.1 Å². The van der Waals surface area contributed by atoms with E-state index in [2.05, 4.69) is 6.92 Å². The molecule has 7 heavy (non-hydrogen) atoms. The summed E-state index contributed by atoms with van der Waals surface area (Å²) in [6, 6.07) is 0. The molecule has 0 fully saturated rings. The van der Waals surface area contributed by atoms with Crippen molar-refractivity contribution in [1.82, 2.24) is 0 Å². The molecule has 0 unspecified atom stereocenters. The van der Waals surface area contributed by atoms with E-state index in [4.69, 9.17) is 0 Å². The molecule has 0 heterocycles. The summed E-state index contributed by atoms with van der Waals surface area (Å²) in [6.07, 6.45) is 0.417. The molecule has 0 amide bonds. The molecule has 44 valence electrons. The monoisotopic (exact) mass is 270 g/mol. The summed E-state index contributed by atoms with van der Waals surface area (Å²) in [7, 11) is 0. The molecule has 0 aromatic rings. The first-order valence-corrected chi connectivity index (χ1v) is 1.56. The fraction of sp³-hybridized carbons (Fsp3) is 0.400. The summed E-state index contributed by atoms with van der Waals surface area (Å²) in [5, 5.41) is 0. The van der Waals surface area contributed by atoms with Crippen LogP contribution in [-0.2, 0) is 25.9 Å². The third-order valence-corrected chi connectivity index (χ3v) is 0.352. The van der Waals surface area contributed by atoms with Crippen LogP contribution in [0.25, 0.3) is 0 Å². The van der Waals surface area contributed by atoms with Crippen LogP contribution in [0.4, 0.5) is 0 Å². The zero-order valence-electron chi connectivity index (χ0n) is 4.73. The summed E-state index contributed by atoms with van der Waals surface area (Å²) in [5.74, 6) is 0.144. The second-order valence-corrected chi connectivity index (χ2v) is 0.952. The van der Waals surface area contributed by atoms with E-state index in [0.29, 0.717) is 6.42 Å². The van der Waals surface area contributed by atoms with Crippen LogP contribution in [0.3, 0.4) is 0 Å². The molecule has 0 N–H and O–H groups in total. The maximum Gasteiger partial charge on any atom is 0.0998 e. The van der Waals surface area contributed by atoms with Crippen molar-refractivity contribution in [2.75, 3.05) is 0 Å². The SMILES string of the molecule is [CH2-]CC(C)=O.[CH3-].[W]. The van der Waals surface area contributed by atoms with E-state index in [1.165, 1.54) is 6.92 Å². The van der Waals surface area contributed by atoms with Crippen molar-refractivity contribution in [3.05, 3.63) is 14.4 Å². The Bertz CT molecular complexity index is 43.3. The number of ketones is 1. The van der Waals surface area contributed by atoms with E-state index in [1.807, 2.05) is 0 Å². The fourth-order valence-electron chi connectivity index (χ4n) is 0. The van der Waals surface area contributed by atoms with Crippen molar-refractivity contribution in [3.8, 4) is 0 Å². The predicted molar refractivity (Wildman–Crippen MR) is 27.1 cm³/mol. The quantitative estimate of drug-likeness (QED) is 0.655. The molecule has 0 bridgehead atoms. The Hall–Kier alpha value is 0.358. The average molecular weight is 270 g/mol. The Morgan fingerprint density at radius 2 is 1.86 bits per heavy atom. The van der Waals surface area contributed by atoms with Crippen molar-refractivity contribution >= 4 is 5.78 Å². The van der Waals surface area contributed by atoms with Crippen LogP contribution in [0, 0.1) is 14.4 Å². The van der Waals surface area contributed by atoms with Crippen molar-refractivity contribution in [2.24, 2.45) is 0 Å². The van der Waals surface area contributed by atoms with E-state index in [-0.39, 0.29) is 34.3 Å². The maximum atomic E-state index is 9.75. The Morgan fingerprint density at radius 1 is 1.71 bits per heavy atom. The summed E-state index contributed by atoms with van der Waals surface area (Å²) in [4.78, 5) is 9.75. The first-order chi connectivity index (χ1) is 2.27. The first kappa shape index (κ1) is 15.7. The minimum Gasteiger partial charge on any atom is -0.358 e. The van der Waals surface area contributed by atoms with Gasteiger partial charge in [0.05, 0.1) is 5.78 Å². The Kier molecular flexibility index (Phi) is 21.5. The normalized spacial score (nSPS) is 5.43. The van der Waals surface area contributed by atoms with Crippen LogP contribution in [0.15, 0.2) is 0 Å². The van der Waals surface area contributed by atoms with Gasteiger partial charge in [0.2, 0.25) is 0 Å². The van der Waals surface area contributed by atoms with Crippen LogP contribution in [0.1, 0.15) is 13.3 Å². The van der Waals surface area contributed by atoms with Crippen molar-refractivity contribution < 1.29 is 25.9 Å². The Labute approximate surface area is 59.8 Å². The zero-order chi connectivity index (χ0) is 4.28. The average Bonchev–Trinajstić information content (AvgIpc) is 1.38. The molecule has 0 saturated heterocycles. The van der Waals surface area contributed by atoms with Gasteiger partial charge in [-0.15, -0.1) is 6.42 Å². The van der Waals surface area contributed by atoms with E-state index in [0.717, 1.165) is 0 Å². The molecule has 0 spiro atoms. The number of hydrogen-bond acceptors (Lipinski definition) is 1. The molecule has 0 radical (unpaired) electrons. The van der Waals surface area contributed by atoms with Crippen LogP contribution in [0.2, 0.25) is 0 Å². The van der Waals surface area contributed by atoms with Crippen molar-refractivity contribution in [1.29, 1.82) is 0 Å². The summed E-state index contributed by atoms with van der Waals surface area (Å²) in [6.45, 7) is 4.86. The number of carbonyl (C=O) groups excluding carboxylic acids is 1. The predicted octanol–water partition coefficient (Wildman–Crippen LogP) is 1.25. The van der Waals surface area contributed by atoms with Gasteiger partial charge in [0.25, 0.3) is 0 Å². The molecule has 0 aromatic carbocycles. The van der Waals surface area contributed by atoms with E-state index in [1.54, 1.807) is 0 Å². The van der Waals surface area contributed by atoms with E-state index >= 15 is 0 Å². The van der Waals surface area contributed by atoms with E-state index < -0.39 is 0 Å². The van der Waals surface area contributed by atoms with Gasteiger partial charge in [0.1, 0.15) is 0 Å². The Balaban J connectivity index is -0.0000000800. The molecule has 0 aliphatic rings.